The molecule has 2 aliphatic rings. The molecule has 0 aromatic carbocycles. The molecule has 3 rings (SSSR count). The number of rotatable bonds is 13. The van der Waals surface area contributed by atoms with E-state index in [1.807, 2.05) is 4.98 Å². The van der Waals surface area contributed by atoms with Crippen molar-refractivity contribution in [1.82, 2.24) is 9.55 Å². The molecule has 228 valence electrons. The summed E-state index contributed by atoms with van der Waals surface area (Å²) in [5, 5.41) is 9.49. The number of ether oxygens (including phenoxy) is 6. The number of nitrogens with one attached hydrogen (secondary N) is 1. The third-order valence-corrected chi connectivity index (χ3v) is 6.77. The second-order valence-electron chi connectivity index (χ2n) is 8.96. The standard InChI is InChI=1S/C22H28FN2O15P/c1-6-21(34-9-26)15-16(22(15,23)39-17(21)25-8-7-14(27)24-18(25)28)40-41(31,35-10-32-19(29)37-12(2)3)36-11-33-20(30)38-13(4)5/h1,7-8,12-13,15-17,26H,9-11H2,2-5H3,(H,24,27,28)/t15?,16?,17-,21-,22+/m1/s1. The molecule has 2 fully saturated rings. The van der Waals surface area contributed by atoms with E-state index in [4.69, 9.17) is 38.9 Å². The van der Waals surface area contributed by atoms with Crippen LogP contribution in [0.2, 0.25) is 0 Å². The van der Waals surface area contributed by atoms with Crippen LogP contribution in [0.5, 0.6) is 0 Å². The van der Waals surface area contributed by atoms with Gasteiger partial charge in [-0.2, -0.15) is 0 Å². The van der Waals surface area contributed by atoms with Gasteiger partial charge < -0.3 is 33.5 Å². The summed E-state index contributed by atoms with van der Waals surface area (Å²) >= 11 is 0. The molecule has 1 aromatic rings. The van der Waals surface area contributed by atoms with Gasteiger partial charge in [-0.05, 0) is 27.7 Å². The predicted molar refractivity (Wildman–Crippen MR) is 128 cm³/mol. The number of phosphoric ester groups is 1. The number of aliphatic hydroxyl groups is 1. The minimum atomic E-state index is -4.97. The highest BCUT2D eigenvalue weighted by Crippen LogP contribution is 2.71. The number of H-pyrrole nitrogens is 1. The zero-order valence-electron chi connectivity index (χ0n) is 22.2. The molecule has 0 bridgehead atoms. The summed E-state index contributed by atoms with van der Waals surface area (Å²) in [6.07, 6.45) is -0.593. The molecule has 41 heavy (non-hydrogen) atoms. The number of aliphatic hydroxyl groups excluding tert-OH is 1. The van der Waals surface area contributed by atoms with Crippen molar-refractivity contribution in [3.05, 3.63) is 33.1 Å². The van der Waals surface area contributed by atoms with Gasteiger partial charge in [0.2, 0.25) is 19.4 Å². The second-order valence-corrected chi connectivity index (χ2v) is 10.6. The Kier molecular flexibility index (Phi) is 9.98. The van der Waals surface area contributed by atoms with Crippen LogP contribution in [0.1, 0.15) is 33.9 Å². The van der Waals surface area contributed by atoms with E-state index in [0.717, 1.165) is 16.8 Å². The molecule has 5 atom stereocenters. The maximum atomic E-state index is 16.0. The number of phosphoric acid groups is 1. The van der Waals surface area contributed by atoms with E-state index in [1.165, 1.54) is 27.7 Å². The van der Waals surface area contributed by atoms with Crippen molar-refractivity contribution in [3.63, 3.8) is 0 Å². The topological polar surface area (TPSA) is 209 Å². The highest BCUT2D eigenvalue weighted by Gasteiger charge is 2.86. The normalized spacial score (nSPS) is 26.8. The van der Waals surface area contributed by atoms with Crippen LogP contribution < -0.4 is 11.2 Å². The van der Waals surface area contributed by atoms with E-state index in [0.29, 0.717) is 0 Å². The van der Waals surface area contributed by atoms with E-state index in [-0.39, 0.29) is 0 Å². The number of carbonyl (C=O) groups excluding carboxylic acids is 2. The number of hydrogen-bond acceptors (Lipinski definition) is 15. The number of aromatic nitrogens is 2. The van der Waals surface area contributed by atoms with E-state index in [9.17, 15) is 28.8 Å². The molecule has 19 heteroatoms. The number of halogens is 1. The van der Waals surface area contributed by atoms with Gasteiger partial charge in [0.05, 0.1) is 18.1 Å². The molecule has 0 spiro atoms. The molecule has 0 amide bonds. The number of aromatic amines is 1. The van der Waals surface area contributed by atoms with Crippen LogP contribution in [0.4, 0.5) is 14.0 Å². The lowest BCUT2D eigenvalue weighted by molar-refractivity contribution is -0.196. The van der Waals surface area contributed by atoms with Crippen molar-refractivity contribution in [2.45, 2.75) is 63.7 Å². The maximum Gasteiger partial charge on any atom is 0.510 e. The van der Waals surface area contributed by atoms with Gasteiger partial charge in [-0.1, -0.05) is 5.92 Å². The van der Waals surface area contributed by atoms with Crippen LogP contribution in [0.15, 0.2) is 21.9 Å². The van der Waals surface area contributed by atoms with E-state index in [2.05, 4.69) is 15.4 Å². The van der Waals surface area contributed by atoms with Gasteiger partial charge in [0.25, 0.3) is 5.56 Å². The predicted octanol–water partition coefficient (Wildman–Crippen LogP) is 1.26. The summed E-state index contributed by atoms with van der Waals surface area (Å²) in [6.45, 7) is 2.86. The highest BCUT2D eigenvalue weighted by molar-refractivity contribution is 7.48. The van der Waals surface area contributed by atoms with Crippen LogP contribution in [-0.4, -0.2) is 77.1 Å². The quantitative estimate of drug-likeness (QED) is 0.139. The Morgan fingerprint density at radius 3 is 2.20 bits per heavy atom. The fourth-order valence-electron chi connectivity index (χ4n) is 3.82. The molecule has 1 aliphatic heterocycles. The molecule has 2 heterocycles. The van der Waals surface area contributed by atoms with Gasteiger partial charge in [0.15, 0.2) is 11.8 Å². The number of nitrogens with zero attached hydrogens (tertiary/aromatic N) is 1. The van der Waals surface area contributed by atoms with Gasteiger partial charge in [0, 0.05) is 12.3 Å². The van der Waals surface area contributed by atoms with Gasteiger partial charge in [-0.25, -0.2) is 32.4 Å². The summed E-state index contributed by atoms with van der Waals surface area (Å²) in [6, 6.07) is 0.929. The van der Waals surface area contributed by atoms with Gasteiger partial charge in [-0.3, -0.25) is 18.9 Å². The Labute approximate surface area is 231 Å². The number of fused-ring (bicyclic) bond motifs is 1. The zero-order valence-corrected chi connectivity index (χ0v) is 23.1. The minimum absolute atomic E-state index is 0.567. The van der Waals surface area contributed by atoms with Gasteiger partial charge in [-0.15, -0.1) is 6.42 Å². The van der Waals surface area contributed by atoms with Crippen LogP contribution in [0.3, 0.4) is 0 Å². The Balaban J connectivity index is 1.82. The number of hydrogen-bond donors (Lipinski definition) is 2. The summed E-state index contributed by atoms with van der Waals surface area (Å²) in [5.41, 5.74) is -4.07. The first-order valence-corrected chi connectivity index (χ1v) is 13.3. The number of carbonyl (C=O) groups is 2. The van der Waals surface area contributed by atoms with Crippen LogP contribution in [0, 0.1) is 18.3 Å². The van der Waals surface area contributed by atoms with E-state index >= 15 is 4.39 Å². The van der Waals surface area contributed by atoms with Crippen molar-refractivity contribution >= 4 is 20.1 Å². The summed E-state index contributed by atoms with van der Waals surface area (Å²) < 4.78 is 74.4. The highest BCUT2D eigenvalue weighted by atomic mass is 31.2. The molecule has 1 aromatic heterocycles. The lowest BCUT2D eigenvalue weighted by Gasteiger charge is -2.32. The Hall–Kier alpha value is -3.30. The van der Waals surface area contributed by atoms with Crippen molar-refractivity contribution in [1.29, 1.82) is 0 Å². The Morgan fingerprint density at radius 1 is 1.17 bits per heavy atom. The molecule has 17 nitrogen and oxygen atoms in total. The van der Waals surface area contributed by atoms with Crippen molar-refractivity contribution < 1.29 is 65.6 Å². The Morgan fingerprint density at radius 2 is 1.73 bits per heavy atom. The summed E-state index contributed by atoms with van der Waals surface area (Å²) in [7, 11) is -4.97. The zero-order chi connectivity index (χ0) is 30.6. The minimum Gasteiger partial charge on any atom is -0.432 e. The van der Waals surface area contributed by atoms with Crippen LogP contribution >= 0.6 is 7.82 Å². The smallest absolute Gasteiger partial charge is 0.432 e. The maximum absolute atomic E-state index is 16.0. The average molecular weight is 610 g/mol. The lowest BCUT2D eigenvalue weighted by atomic mass is 9.97. The largest absolute Gasteiger partial charge is 0.510 e. The van der Waals surface area contributed by atoms with Crippen molar-refractivity contribution in [2.24, 2.45) is 5.92 Å². The SMILES string of the molecule is C#C[C@@]1(OCO)C2C(OP(=O)(OCOC(=O)OC(C)C)OCOC(=O)OC(C)C)[C@@]2(F)O[C@H]1n1ccc(=O)[nH]c1=O. The second kappa shape index (κ2) is 12.7. The number of terminal acetylenes is 1. The molecule has 1 saturated heterocycles. The Bertz CT molecular complexity index is 1290. The monoisotopic (exact) mass is 610 g/mol. The van der Waals surface area contributed by atoms with Crippen molar-refractivity contribution in [2.75, 3.05) is 20.4 Å². The molecule has 2 unspecified atom stereocenters. The fraction of sp³-hybridized carbons (Fsp3) is 0.636. The summed E-state index contributed by atoms with van der Waals surface area (Å²) in [5.74, 6) is -2.43. The third-order valence-electron chi connectivity index (χ3n) is 5.44. The number of alkyl halides is 1. The first-order valence-electron chi connectivity index (χ1n) is 11.9. The first-order chi connectivity index (χ1) is 19.2. The molecular formula is C22H28FN2O15P. The third kappa shape index (κ3) is 7.13. The van der Waals surface area contributed by atoms with Gasteiger partial charge in [0.1, 0.15) is 12.9 Å². The van der Waals surface area contributed by atoms with Crippen LogP contribution in [0.25, 0.3) is 0 Å². The van der Waals surface area contributed by atoms with E-state index in [1.54, 1.807) is 0 Å². The lowest BCUT2D eigenvalue weighted by Crippen LogP contribution is -2.47. The summed E-state index contributed by atoms with van der Waals surface area (Å²) in [4.78, 5) is 49.0. The van der Waals surface area contributed by atoms with Gasteiger partial charge >= 0.3 is 25.8 Å². The van der Waals surface area contributed by atoms with Crippen molar-refractivity contribution in [3.8, 4) is 12.3 Å². The first kappa shape index (κ1) is 32.2. The molecule has 1 aliphatic carbocycles. The van der Waals surface area contributed by atoms with Crippen LogP contribution in [-0.2, 0) is 46.6 Å². The molecule has 2 N–H and O–H groups in total. The molecule has 1 saturated carbocycles. The van der Waals surface area contributed by atoms with E-state index < -0.39 is 93.7 Å². The molecular weight excluding hydrogens is 582 g/mol. The fourth-order valence-corrected chi connectivity index (χ4v) is 4.93. The molecule has 0 radical (unpaired) electrons. The average Bonchev–Trinajstić information content (AvgIpc) is 3.31.